The van der Waals surface area contributed by atoms with Gasteiger partial charge in [0.2, 0.25) is 5.88 Å². The molecule has 4 nitrogen and oxygen atoms in total. The molecule has 14 heavy (non-hydrogen) atoms. The van der Waals surface area contributed by atoms with Gasteiger partial charge in [-0.05, 0) is 18.2 Å². The van der Waals surface area contributed by atoms with E-state index in [4.69, 9.17) is 4.74 Å². The van der Waals surface area contributed by atoms with Crippen molar-refractivity contribution in [3.05, 3.63) is 30.0 Å². The van der Waals surface area contributed by atoms with Crippen molar-refractivity contribution >= 4 is 6.29 Å². The Kier molecular flexibility index (Phi) is 2.10. The van der Waals surface area contributed by atoms with Crippen molar-refractivity contribution < 1.29 is 9.53 Å². The molecule has 0 atom stereocenters. The molecule has 2 aromatic rings. The number of aldehydes is 1. The molecule has 2 aromatic heterocycles. The summed E-state index contributed by atoms with van der Waals surface area (Å²) in [7, 11) is 1.53. The smallest absolute Gasteiger partial charge is 0.201 e. The van der Waals surface area contributed by atoms with Gasteiger partial charge in [-0.25, -0.2) is 0 Å². The molecule has 0 bridgehead atoms. The van der Waals surface area contributed by atoms with Crippen LogP contribution in [0, 0.1) is 0 Å². The fraction of sp³-hybridized carbons (Fsp3) is 0.100. The topological polar surface area (TPSA) is 57.9 Å². The van der Waals surface area contributed by atoms with Crippen LogP contribution >= 0.6 is 0 Å². The third kappa shape index (κ3) is 1.31. The van der Waals surface area contributed by atoms with Crippen LogP contribution in [0.25, 0.3) is 11.4 Å². The second-order valence-electron chi connectivity index (χ2n) is 2.87. The summed E-state index contributed by atoms with van der Waals surface area (Å²) in [6, 6.07) is 5.56. The number of ether oxygens (including phenoxy) is 1. The van der Waals surface area contributed by atoms with Gasteiger partial charge in [-0.2, -0.15) is 0 Å². The summed E-state index contributed by atoms with van der Waals surface area (Å²) >= 11 is 0. The first-order valence-corrected chi connectivity index (χ1v) is 4.21. The second-order valence-corrected chi connectivity index (χ2v) is 2.87. The van der Waals surface area contributed by atoms with Gasteiger partial charge < -0.3 is 14.7 Å². The fourth-order valence-corrected chi connectivity index (χ4v) is 1.35. The van der Waals surface area contributed by atoms with Crippen molar-refractivity contribution in [2.45, 2.75) is 0 Å². The van der Waals surface area contributed by atoms with Crippen LogP contribution in [0.3, 0.4) is 0 Å². The summed E-state index contributed by atoms with van der Waals surface area (Å²) in [5.41, 5.74) is 2.29. The molecule has 0 aliphatic carbocycles. The van der Waals surface area contributed by atoms with Crippen molar-refractivity contribution in [3.63, 3.8) is 0 Å². The van der Waals surface area contributed by atoms with E-state index in [1.807, 2.05) is 18.3 Å². The zero-order valence-electron chi connectivity index (χ0n) is 7.70. The first kappa shape index (κ1) is 8.62. The summed E-state index contributed by atoms with van der Waals surface area (Å²) < 4.78 is 5.01. The molecule has 0 saturated heterocycles. The van der Waals surface area contributed by atoms with Gasteiger partial charge in [0.25, 0.3) is 0 Å². The molecule has 0 radical (unpaired) electrons. The van der Waals surface area contributed by atoms with E-state index in [9.17, 15) is 4.79 Å². The second kappa shape index (κ2) is 3.41. The molecule has 0 saturated carbocycles. The number of carbonyl (C=O) groups excluding carboxylic acids is 1. The number of nitrogens with one attached hydrogen (secondary N) is 2. The fourth-order valence-electron chi connectivity index (χ4n) is 1.35. The minimum absolute atomic E-state index is 0.490. The van der Waals surface area contributed by atoms with Crippen molar-refractivity contribution in [3.8, 4) is 17.3 Å². The molecule has 0 spiro atoms. The SMILES string of the molecule is COc1[nH]c(-c2ccc[nH]2)cc1C=O. The van der Waals surface area contributed by atoms with Gasteiger partial charge in [-0.3, -0.25) is 4.79 Å². The number of carbonyl (C=O) groups is 1. The maximum Gasteiger partial charge on any atom is 0.201 e. The maximum atomic E-state index is 10.7. The maximum absolute atomic E-state index is 10.7. The van der Waals surface area contributed by atoms with Crippen molar-refractivity contribution in [2.24, 2.45) is 0 Å². The molecule has 0 unspecified atom stereocenters. The molecule has 0 aliphatic rings. The molecule has 2 heterocycles. The molecule has 0 fully saturated rings. The van der Waals surface area contributed by atoms with Crippen LogP contribution in [0.5, 0.6) is 5.88 Å². The van der Waals surface area contributed by atoms with Gasteiger partial charge in [-0.15, -0.1) is 0 Å². The van der Waals surface area contributed by atoms with Crippen LogP contribution in [0.2, 0.25) is 0 Å². The minimum atomic E-state index is 0.490. The highest BCUT2D eigenvalue weighted by Gasteiger charge is 2.08. The van der Waals surface area contributed by atoms with Crippen LogP contribution in [0.1, 0.15) is 10.4 Å². The monoisotopic (exact) mass is 190 g/mol. The third-order valence-corrected chi connectivity index (χ3v) is 2.03. The number of rotatable bonds is 3. The van der Waals surface area contributed by atoms with E-state index in [0.29, 0.717) is 11.4 Å². The van der Waals surface area contributed by atoms with E-state index in [2.05, 4.69) is 9.97 Å². The first-order chi connectivity index (χ1) is 6.85. The number of hydrogen-bond acceptors (Lipinski definition) is 2. The molecule has 4 heteroatoms. The van der Waals surface area contributed by atoms with Crippen molar-refractivity contribution in [2.75, 3.05) is 7.11 Å². The van der Waals surface area contributed by atoms with Crippen molar-refractivity contribution in [1.82, 2.24) is 9.97 Å². The third-order valence-electron chi connectivity index (χ3n) is 2.03. The highest BCUT2D eigenvalue weighted by molar-refractivity contribution is 5.81. The van der Waals surface area contributed by atoms with Gasteiger partial charge in [0.1, 0.15) is 0 Å². The Morgan fingerprint density at radius 1 is 1.43 bits per heavy atom. The highest BCUT2D eigenvalue weighted by atomic mass is 16.5. The first-order valence-electron chi connectivity index (χ1n) is 4.21. The molecule has 0 amide bonds. The molecular formula is C10H10N2O2. The van der Waals surface area contributed by atoms with E-state index in [1.54, 1.807) is 6.07 Å². The average Bonchev–Trinajstić information content (AvgIpc) is 2.85. The van der Waals surface area contributed by atoms with Gasteiger partial charge in [0, 0.05) is 6.20 Å². The summed E-state index contributed by atoms with van der Waals surface area (Å²) in [5.74, 6) is 0.490. The standard InChI is InChI=1S/C10H10N2O2/c1-14-10-7(6-13)5-9(12-10)8-3-2-4-11-8/h2-6,11-12H,1H3. The largest absolute Gasteiger partial charge is 0.482 e. The van der Waals surface area contributed by atoms with Gasteiger partial charge >= 0.3 is 0 Å². The predicted molar refractivity (Wildman–Crippen MR) is 52.5 cm³/mol. The summed E-state index contributed by atoms with van der Waals surface area (Å²) in [6.07, 6.45) is 2.59. The quantitative estimate of drug-likeness (QED) is 0.725. The summed E-state index contributed by atoms with van der Waals surface area (Å²) in [5, 5.41) is 0. The Morgan fingerprint density at radius 3 is 2.79 bits per heavy atom. The van der Waals surface area contributed by atoms with Crippen LogP contribution in [-0.4, -0.2) is 23.4 Å². The van der Waals surface area contributed by atoms with E-state index >= 15 is 0 Å². The number of H-pyrrole nitrogens is 2. The normalized spacial score (nSPS) is 10.1. The van der Waals surface area contributed by atoms with E-state index in [-0.39, 0.29) is 0 Å². The zero-order chi connectivity index (χ0) is 9.97. The molecular weight excluding hydrogens is 180 g/mol. The lowest BCUT2D eigenvalue weighted by Gasteiger charge is -1.94. The van der Waals surface area contributed by atoms with Gasteiger partial charge in [0.05, 0.1) is 24.1 Å². The number of aromatic nitrogens is 2. The summed E-state index contributed by atoms with van der Waals surface area (Å²) in [6.45, 7) is 0. The number of methoxy groups -OCH3 is 1. The predicted octanol–water partition coefficient (Wildman–Crippen LogP) is 1.83. The van der Waals surface area contributed by atoms with Crippen LogP contribution in [-0.2, 0) is 0 Å². The molecule has 0 aliphatic heterocycles. The van der Waals surface area contributed by atoms with Crippen LogP contribution in [0.15, 0.2) is 24.4 Å². The Labute approximate surface area is 80.9 Å². The molecule has 0 aromatic carbocycles. The van der Waals surface area contributed by atoms with E-state index in [1.165, 1.54) is 7.11 Å². The Bertz CT molecular complexity index is 429. The van der Waals surface area contributed by atoms with E-state index in [0.717, 1.165) is 17.7 Å². The van der Waals surface area contributed by atoms with Gasteiger partial charge in [-0.1, -0.05) is 0 Å². The molecule has 72 valence electrons. The molecule has 2 N–H and O–H groups in total. The Balaban J connectivity index is 2.46. The minimum Gasteiger partial charge on any atom is -0.482 e. The number of hydrogen-bond donors (Lipinski definition) is 2. The van der Waals surface area contributed by atoms with E-state index < -0.39 is 0 Å². The number of aromatic amines is 2. The van der Waals surface area contributed by atoms with Crippen LogP contribution < -0.4 is 4.74 Å². The lowest BCUT2D eigenvalue weighted by molar-refractivity contribution is 0.112. The van der Waals surface area contributed by atoms with Crippen LogP contribution in [0.4, 0.5) is 0 Å². The zero-order valence-corrected chi connectivity index (χ0v) is 7.70. The lowest BCUT2D eigenvalue weighted by atomic mass is 10.3. The Hall–Kier alpha value is -1.97. The molecule has 2 rings (SSSR count). The Morgan fingerprint density at radius 2 is 2.29 bits per heavy atom. The summed E-state index contributed by atoms with van der Waals surface area (Å²) in [4.78, 5) is 16.7. The average molecular weight is 190 g/mol. The highest BCUT2D eigenvalue weighted by Crippen LogP contribution is 2.23. The lowest BCUT2D eigenvalue weighted by Crippen LogP contribution is -1.86. The van der Waals surface area contributed by atoms with Gasteiger partial charge in [0.15, 0.2) is 6.29 Å². The van der Waals surface area contributed by atoms with Crippen molar-refractivity contribution in [1.29, 1.82) is 0 Å².